The number of fused-ring (bicyclic) bond motifs is 4. The molecule has 0 radical (unpaired) electrons. The third-order valence-corrected chi connectivity index (χ3v) is 6.18. The largest absolute Gasteiger partial charge is 0.362 e. The molecule has 0 unspecified atom stereocenters. The van der Waals surface area contributed by atoms with Gasteiger partial charge in [0.25, 0.3) is 0 Å². The number of piperidine rings is 1. The van der Waals surface area contributed by atoms with Gasteiger partial charge in [0.15, 0.2) is 0 Å². The van der Waals surface area contributed by atoms with Gasteiger partial charge in [-0.1, -0.05) is 11.6 Å². The monoisotopic (exact) mass is 373 g/mol. The third-order valence-electron chi connectivity index (χ3n) is 5.94. The summed E-state index contributed by atoms with van der Waals surface area (Å²) in [6.07, 6.45) is 4.21. The first-order chi connectivity index (χ1) is 12.6. The molecule has 1 spiro atoms. The second kappa shape index (κ2) is 6.13. The molecule has 0 aromatic heterocycles. The number of hydrogen-bond acceptors (Lipinski definition) is 5. The van der Waals surface area contributed by atoms with E-state index in [-0.39, 0.29) is 11.6 Å². The summed E-state index contributed by atoms with van der Waals surface area (Å²) < 4.78 is 0. The highest BCUT2D eigenvalue weighted by molar-refractivity contribution is 6.31. The van der Waals surface area contributed by atoms with Gasteiger partial charge in [0.1, 0.15) is 11.5 Å². The zero-order valence-electron chi connectivity index (χ0n) is 14.8. The molecule has 5 rings (SSSR count). The van der Waals surface area contributed by atoms with E-state index >= 15 is 0 Å². The molecule has 138 valence electrons. The Morgan fingerprint density at radius 2 is 2.12 bits per heavy atom. The molecular weight excluding hydrogens is 350 g/mol. The summed E-state index contributed by atoms with van der Waals surface area (Å²) in [4.78, 5) is 21.6. The fourth-order valence-electron chi connectivity index (χ4n) is 4.41. The number of benzene rings is 1. The molecule has 3 aliphatic heterocycles. The zero-order chi connectivity index (χ0) is 17.7. The molecule has 1 amide bonds. The lowest BCUT2D eigenvalue weighted by molar-refractivity contribution is -0.122. The predicted octanol–water partition coefficient (Wildman–Crippen LogP) is 1.90. The van der Waals surface area contributed by atoms with Crippen LogP contribution in [0.5, 0.6) is 0 Å². The van der Waals surface area contributed by atoms with Crippen molar-refractivity contribution in [3.63, 3.8) is 0 Å². The van der Waals surface area contributed by atoms with Crippen LogP contribution in [-0.4, -0.2) is 66.0 Å². The Balaban J connectivity index is 1.32. The van der Waals surface area contributed by atoms with Crippen molar-refractivity contribution < 1.29 is 4.79 Å². The molecule has 7 heteroatoms. The zero-order valence-corrected chi connectivity index (χ0v) is 15.6. The molecule has 6 nitrogen and oxygen atoms in total. The summed E-state index contributed by atoms with van der Waals surface area (Å²) >= 11 is 6.23. The predicted molar refractivity (Wildman–Crippen MR) is 103 cm³/mol. The summed E-state index contributed by atoms with van der Waals surface area (Å²) in [5, 5.41) is 7.61. The number of likely N-dealkylation sites (tertiary alicyclic amines) is 1. The highest BCUT2D eigenvalue weighted by atomic mass is 35.5. The Bertz CT molecular complexity index is 767. The first-order valence-electron chi connectivity index (χ1n) is 9.55. The standard InChI is InChI=1S/C19H24ClN5O/c20-13-1-4-15-16(11-13)23-19(25-10-7-21-18(15)25)5-8-24(9-6-19)12-17(26)22-14-2-3-14/h1,4,11,14,23H,2-3,5-10,12H2,(H,22,26). The van der Waals surface area contributed by atoms with Gasteiger partial charge in [-0.05, 0) is 31.0 Å². The lowest BCUT2D eigenvalue weighted by Gasteiger charge is -2.52. The molecule has 0 bridgehead atoms. The van der Waals surface area contributed by atoms with E-state index in [0.717, 1.165) is 74.0 Å². The van der Waals surface area contributed by atoms with Crippen LogP contribution in [0, 0.1) is 0 Å². The van der Waals surface area contributed by atoms with Gasteiger partial charge in [0.05, 0.1) is 13.1 Å². The number of amides is 1. The fraction of sp³-hybridized carbons (Fsp3) is 0.579. The van der Waals surface area contributed by atoms with Crippen LogP contribution in [0.3, 0.4) is 0 Å². The van der Waals surface area contributed by atoms with Crippen molar-refractivity contribution >= 4 is 29.0 Å². The van der Waals surface area contributed by atoms with E-state index in [1.807, 2.05) is 12.1 Å². The maximum atomic E-state index is 12.1. The first-order valence-corrected chi connectivity index (χ1v) is 9.93. The van der Waals surface area contributed by atoms with Crippen molar-refractivity contribution in [2.24, 2.45) is 4.99 Å². The Hall–Kier alpha value is -1.79. The van der Waals surface area contributed by atoms with Crippen molar-refractivity contribution in [3.8, 4) is 0 Å². The molecule has 2 fully saturated rings. The number of carbonyl (C=O) groups excluding carboxylic acids is 1. The average Bonchev–Trinajstić information content (AvgIpc) is 3.28. The minimum Gasteiger partial charge on any atom is -0.362 e. The van der Waals surface area contributed by atoms with Crippen LogP contribution >= 0.6 is 11.6 Å². The quantitative estimate of drug-likeness (QED) is 0.849. The van der Waals surface area contributed by atoms with Crippen LogP contribution in [0.25, 0.3) is 0 Å². The van der Waals surface area contributed by atoms with Gasteiger partial charge in [0, 0.05) is 54.8 Å². The molecule has 1 aromatic carbocycles. The maximum Gasteiger partial charge on any atom is 0.234 e. The maximum absolute atomic E-state index is 12.1. The van der Waals surface area contributed by atoms with Crippen molar-refractivity contribution in [2.45, 2.75) is 37.4 Å². The number of halogens is 1. The summed E-state index contributed by atoms with van der Waals surface area (Å²) in [5.74, 6) is 1.26. The van der Waals surface area contributed by atoms with Gasteiger partial charge in [0.2, 0.25) is 5.91 Å². The van der Waals surface area contributed by atoms with E-state index < -0.39 is 0 Å². The number of aliphatic imine (C=N–C) groups is 1. The second-order valence-corrected chi connectivity index (χ2v) is 8.26. The number of nitrogens with one attached hydrogen (secondary N) is 2. The number of nitrogens with zero attached hydrogens (tertiary/aromatic N) is 3. The molecule has 3 heterocycles. The fourth-order valence-corrected chi connectivity index (χ4v) is 4.58. The van der Waals surface area contributed by atoms with Crippen LogP contribution in [0.1, 0.15) is 31.2 Å². The summed E-state index contributed by atoms with van der Waals surface area (Å²) in [7, 11) is 0. The number of hydrogen-bond donors (Lipinski definition) is 2. The van der Waals surface area contributed by atoms with E-state index in [4.69, 9.17) is 16.6 Å². The second-order valence-electron chi connectivity index (χ2n) is 7.82. The van der Waals surface area contributed by atoms with E-state index in [2.05, 4.69) is 26.5 Å². The van der Waals surface area contributed by atoms with Crippen LogP contribution in [-0.2, 0) is 4.79 Å². The summed E-state index contributed by atoms with van der Waals surface area (Å²) in [5.41, 5.74) is 2.11. The van der Waals surface area contributed by atoms with Crippen LogP contribution in [0.15, 0.2) is 23.2 Å². The van der Waals surface area contributed by atoms with E-state index in [1.165, 1.54) is 0 Å². The smallest absolute Gasteiger partial charge is 0.234 e. The number of anilines is 1. The van der Waals surface area contributed by atoms with Crippen molar-refractivity contribution in [2.75, 3.05) is 38.0 Å². The average molecular weight is 374 g/mol. The topological polar surface area (TPSA) is 60.0 Å². The van der Waals surface area contributed by atoms with Crippen molar-refractivity contribution in [1.29, 1.82) is 0 Å². The molecule has 4 aliphatic rings. The Labute approximate surface area is 158 Å². The first kappa shape index (κ1) is 16.4. The lowest BCUT2D eigenvalue weighted by atomic mass is 9.90. The summed E-state index contributed by atoms with van der Waals surface area (Å²) in [6.45, 7) is 4.12. The van der Waals surface area contributed by atoms with Gasteiger partial charge in [-0.25, -0.2) is 0 Å². The molecule has 1 saturated heterocycles. The highest BCUT2D eigenvalue weighted by Gasteiger charge is 2.46. The third kappa shape index (κ3) is 2.85. The number of rotatable bonds is 3. The summed E-state index contributed by atoms with van der Waals surface area (Å²) in [6, 6.07) is 6.43. The van der Waals surface area contributed by atoms with E-state index in [0.29, 0.717) is 12.6 Å². The molecule has 26 heavy (non-hydrogen) atoms. The highest BCUT2D eigenvalue weighted by Crippen LogP contribution is 2.40. The Morgan fingerprint density at radius 3 is 2.88 bits per heavy atom. The normalized spacial score (nSPS) is 23.9. The molecule has 1 aliphatic carbocycles. The van der Waals surface area contributed by atoms with Crippen molar-refractivity contribution in [1.82, 2.24) is 15.1 Å². The van der Waals surface area contributed by atoms with Gasteiger partial charge >= 0.3 is 0 Å². The van der Waals surface area contributed by atoms with Crippen molar-refractivity contribution in [3.05, 3.63) is 28.8 Å². The van der Waals surface area contributed by atoms with Gasteiger partial charge in [-0.3, -0.25) is 14.7 Å². The molecule has 0 atom stereocenters. The minimum absolute atomic E-state index is 0.115. The Kier molecular flexibility index (Phi) is 3.87. The van der Waals surface area contributed by atoms with Crippen LogP contribution in [0.2, 0.25) is 5.02 Å². The number of amidine groups is 1. The van der Waals surface area contributed by atoms with Crippen LogP contribution in [0.4, 0.5) is 5.69 Å². The molecule has 2 N–H and O–H groups in total. The molecule has 1 saturated carbocycles. The molecule has 1 aromatic rings. The van der Waals surface area contributed by atoms with Gasteiger partial charge < -0.3 is 15.5 Å². The molecular formula is C19H24ClN5O. The van der Waals surface area contributed by atoms with E-state index in [9.17, 15) is 4.79 Å². The lowest BCUT2D eigenvalue weighted by Crippen LogP contribution is -2.63. The van der Waals surface area contributed by atoms with E-state index in [1.54, 1.807) is 0 Å². The SMILES string of the molecule is O=C(CN1CCC2(CC1)Nc1cc(Cl)ccc1C1=NCCN12)NC1CC1. The van der Waals surface area contributed by atoms with Crippen LogP contribution < -0.4 is 10.6 Å². The Morgan fingerprint density at radius 1 is 1.31 bits per heavy atom. The van der Waals surface area contributed by atoms with Gasteiger partial charge in [-0.15, -0.1) is 0 Å². The number of carbonyl (C=O) groups is 1. The minimum atomic E-state index is -0.115. The van der Waals surface area contributed by atoms with Gasteiger partial charge in [-0.2, -0.15) is 0 Å².